The topological polar surface area (TPSA) is 40.1 Å². The lowest BCUT2D eigenvalue weighted by Gasteiger charge is -2.37. The van der Waals surface area contributed by atoms with Gasteiger partial charge in [-0.25, -0.2) is 0 Å². The zero-order valence-electron chi connectivity index (χ0n) is 16.4. The molecule has 0 saturated carbocycles. The molecule has 2 aliphatic heterocycles. The molecule has 2 heterocycles. The number of hydrogen-bond acceptors (Lipinski definition) is 3. The minimum atomic E-state index is 0. The molecule has 5 nitrogen and oxygen atoms in total. The van der Waals surface area contributed by atoms with E-state index < -0.39 is 0 Å². The zero-order valence-corrected chi connectivity index (χ0v) is 19.5. The van der Waals surface area contributed by atoms with E-state index in [1.54, 1.807) is 0 Å². The Morgan fingerprint density at radius 3 is 2.70 bits per heavy atom. The summed E-state index contributed by atoms with van der Waals surface area (Å²) in [5, 5.41) is 4.44. The van der Waals surface area contributed by atoms with Gasteiger partial charge in [-0.15, -0.1) is 24.0 Å². The van der Waals surface area contributed by atoms with E-state index in [4.69, 9.17) is 16.3 Å². The van der Waals surface area contributed by atoms with Crippen LogP contribution in [-0.2, 0) is 4.74 Å². The van der Waals surface area contributed by atoms with Gasteiger partial charge in [-0.3, -0.25) is 9.89 Å². The van der Waals surface area contributed by atoms with Crippen LogP contribution in [0.1, 0.15) is 31.4 Å². The molecule has 7 heteroatoms. The SMILES string of the molecule is CN=C(NCC(c1ccccc1Cl)N1CCOCC1)N1CCCC(C)C1.I. The van der Waals surface area contributed by atoms with Crippen molar-refractivity contribution in [3.8, 4) is 0 Å². The van der Waals surface area contributed by atoms with E-state index in [0.717, 1.165) is 62.8 Å². The molecule has 2 unspecified atom stereocenters. The number of likely N-dealkylation sites (tertiary alicyclic amines) is 1. The Kier molecular flexibility index (Phi) is 9.62. The highest BCUT2D eigenvalue weighted by molar-refractivity contribution is 14.0. The van der Waals surface area contributed by atoms with Crippen LogP contribution < -0.4 is 5.32 Å². The van der Waals surface area contributed by atoms with Gasteiger partial charge in [0, 0.05) is 44.8 Å². The lowest BCUT2D eigenvalue weighted by Crippen LogP contribution is -2.49. The smallest absolute Gasteiger partial charge is 0.193 e. The van der Waals surface area contributed by atoms with Gasteiger partial charge in [0.25, 0.3) is 0 Å². The van der Waals surface area contributed by atoms with Gasteiger partial charge in [-0.1, -0.05) is 36.7 Å². The molecular weight excluding hydrogens is 475 g/mol. The number of halogens is 2. The largest absolute Gasteiger partial charge is 0.379 e. The van der Waals surface area contributed by atoms with Crippen LogP contribution in [0.2, 0.25) is 5.02 Å². The first kappa shape index (κ1) is 22.7. The maximum Gasteiger partial charge on any atom is 0.193 e. The third-order valence-corrected chi connectivity index (χ3v) is 5.72. The van der Waals surface area contributed by atoms with Crippen molar-refractivity contribution in [2.24, 2.45) is 10.9 Å². The highest BCUT2D eigenvalue weighted by atomic mass is 127. The fourth-order valence-corrected chi connectivity index (χ4v) is 4.23. The number of aliphatic imine (C=N–C) groups is 1. The van der Waals surface area contributed by atoms with Crippen LogP contribution in [0.25, 0.3) is 0 Å². The van der Waals surface area contributed by atoms with Gasteiger partial charge in [0.05, 0.1) is 19.3 Å². The van der Waals surface area contributed by atoms with Gasteiger partial charge >= 0.3 is 0 Å². The molecule has 0 bridgehead atoms. The molecule has 0 spiro atoms. The quantitative estimate of drug-likeness (QED) is 0.385. The monoisotopic (exact) mass is 506 g/mol. The Balaban J connectivity index is 0.00000261. The predicted octanol–water partition coefficient (Wildman–Crippen LogP) is 3.64. The third-order valence-electron chi connectivity index (χ3n) is 5.37. The Morgan fingerprint density at radius 2 is 2.04 bits per heavy atom. The van der Waals surface area contributed by atoms with Crippen molar-refractivity contribution in [1.82, 2.24) is 15.1 Å². The molecular formula is C20H32ClIN4O. The second-order valence-electron chi connectivity index (χ2n) is 7.31. The number of ether oxygens (including phenoxy) is 1. The van der Waals surface area contributed by atoms with Gasteiger partial charge < -0.3 is 15.0 Å². The van der Waals surface area contributed by atoms with Gasteiger partial charge in [0.1, 0.15) is 0 Å². The fourth-order valence-electron chi connectivity index (χ4n) is 3.97. The predicted molar refractivity (Wildman–Crippen MR) is 123 cm³/mol. The minimum Gasteiger partial charge on any atom is -0.379 e. The maximum absolute atomic E-state index is 6.53. The third kappa shape index (κ3) is 6.21. The van der Waals surface area contributed by atoms with Crippen molar-refractivity contribution in [3.63, 3.8) is 0 Å². The number of benzene rings is 1. The lowest BCUT2D eigenvalue weighted by molar-refractivity contribution is 0.0168. The molecule has 1 N–H and O–H groups in total. The van der Waals surface area contributed by atoms with Gasteiger partial charge in [-0.05, 0) is 30.4 Å². The van der Waals surface area contributed by atoms with Crippen LogP contribution in [0.5, 0.6) is 0 Å². The summed E-state index contributed by atoms with van der Waals surface area (Å²) in [4.78, 5) is 9.38. The summed E-state index contributed by atoms with van der Waals surface area (Å²) in [6, 6.07) is 8.38. The van der Waals surface area contributed by atoms with Crippen LogP contribution in [-0.4, -0.2) is 68.7 Å². The molecule has 3 rings (SSSR count). The maximum atomic E-state index is 6.53. The molecule has 0 aromatic heterocycles. The molecule has 0 amide bonds. The van der Waals surface area contributed by atoms with Crippen molar-refractivity contribution in [2.75, 3.05) is 53.0 Å². The molecule has 2 aliphatic rings. The minimum absolute atomic E-state index is 0. The van der Waals surface area contributed by atoms with Crippen LogP contribution in [0.4, 0.5) is 0 Å². The van der Waals surface area contributed by atoms with Crippen molar-refractivity contribution < 1.29 is 4.74 Å². The average molecular weight is 507 g/mol. The first-order valence-corrected chi connectivity index (χ1v) is 10.1. The second-order valence-corrected chi connectivity index (χ2v) is 7.71. The number of nitrogens with one attached hydrogen (secondary N) is 1. The molecule has 2 saturated heterocycles. The summed E-state index contributed by atoms with van der Waals surface area (Å²) in [7, 11) is 1.88. The number of nitrogens with zero attached hydrogens (tertiary/aromatic N) is 3. The highest BCUT2D eigenvalue weighted by Crippen LogP contribution is 2.28. The van der Waals surface area contributed by atoms with E-state index in [-0.39, 0.29) is 30.0 Å². The molecule has 0 radical (unpaired) electrons. The Bertz CT molecular complexity index is 609. The average Bonchev–Trinajstić information content (AvgIpc) is 2.67. The summed E-state index contributed by atoms with van der Waals surface area (Å²) >= 11 is 6.53. The van der Waals surface area contributed by atoms with Crippen molar-refractivity contribution in [1.29, 1.82) is 0 Å². The summed E-state index contributed by atoms with van der Waals surface area (Å²) in [6.45, 7) is 8.68. The Morgan fingerprint density at radius 1 is 1.30 bits per heavy atom. The number of hydrogen-bond donors (Lipinski definition) is 1. The lowest BCUT2D eigenvalue weighted by atomic mass is 10.0. The van der Waals surface area contributed by atoms with E-state index in [1.165, 1.54) is 18.4 Å². The fraction of sp³-hybridized carbons (Fsp3) is 0.650. The first-order valence-electron chi connectivity index (χ1n) is 9.71. The molecule has 1 aromatic rings. The van der Waals surface area contributed by atoms with E-state index in [2.05, 4.69) is 39.2 Å². The summed E-state index contributed by atoms with van der Waals surface area (Å²) in [5.41, 5.74) is 1.17. The molecule has 2 fully saturated rings. The van der Waals surface area contributed by atoms with Crippen molar-refractivity contribution >= 4 is 41.5 Å². The second kappa shape index (κ2) is 11.4. The first-order chi connectivity index (χ1) is 12.7. The summed E-state index contributed by atoms with van der Waals surface area (Å²) in [5.74, 6) is 1.72. The van der Waals surface area contributed by atoms with Crippen molar-refractivity contribution in [3.05, 3.63) is 34.9 Å². The summed E-state index contributed by atoms with van der Waals surface area (Å²) < 4.78 is 5.54. The standard InChI is InChI=1S/C20H31ClN4O.HI/c1-16-6-5-9-25(15-16)20(22-2)23-14-19(24-10-12-26-13-11-24)17-7-3-4-8-18(17)21;/h3-4,7-8,16,19H,5-6,9-15H2,1-2H3,(H,22,23);1H. The van der Waals surface area contributed by atoms with Gasteiger partial charge in [0.2, 0.25) is 0 Å². The molecule has 1 aromatic carbocycles. The zero-order chi connectivity index (χ0) is 18.4. The Labute approximate surface area is 185 Å². The number of morpholine rings is 1. The molecule has 2 atom stereocenters. The van der Waals surface area contributed by atoms with E-state index in [1.807, 2.05) is 19.2 Å². The van der Waals surface area contributed by atoms with Gasteiger partial charge in [0.15, 0.2) is 5.96 Å². The number of rotatable bonds is 4. The van der Waals surface area contributed by atoms with Crippen LogP contribution in [0.3, 0.4) is 0 Å². The summed E-state index contributed by atoms with van der Waals surface area (Å²) in [6.07, 6.45) is 2.54. The number of piperidine rings is 1. The number of guanidine groups is 1. The van der Waals surface area contributed by atoms with E-state index >= 15 is 0 Å². The van der Waals surface area contributed by atoms with Crippen LogP contribution in [0.15, 0.2) is 29.3 Å². The van der Waals surface area contributed by atoms with Crippen LogP contribution >= 0.6 is 35.6 Å². The van der Waals surface area contributed by atoms with Crippen molar-refractivity contribution in [2.45, 2.75) is 25.8 Å². The molecule has 27 heavy (non-hydrogen) atoms. The highest BCUT2D eigenvalue weighted by Gasteiger charge is 2.26. The van der Waals surface area contributed by atoms with E-state index in [9.17, 15) is 0 Å². The normalized spacial score (nSPS) is 22.9. The van der Waals surface area contributed by atoms with Crippen LogP contribution in [0, 0.1) is 5.92 Å². The van der Waals surface area contributed by atoms with Gasteiger partial charge in [-0.2, -0.15) is 0 Å². The molecule has 0 aliphatic carbocycles. The van der Waals surface area contributed by atoms with E-state index in [0.29, 0.717) is 0 Å². The molecule has 152 valence electrons. The Hall–Kier alpha value is -0.570.